The van der Waals surface area contributed by atoms with E-state index in [-0.39, 0.29) is 23.0 Å². The summed E-state index contributed by atoms with van der Waals surface area (Å²) in [5, 5.41) is 10.9. The van der Waals surface area contributed by atoms with Crippen molar-refractivity contribution in [2.45, 2.75) is 118 Å². The Morgan fingerprint density at radius 3 is 2.43 bits per heavy atom. The monoisotopic (exact) mass is 579 g/mol. The fraction of sp³-hybridized carbons (Fsp3) is 0.750. The number of nitro benzene ring substituents is 1. The number of carbonyl (C=O) groups is 1. The molecule has 6 nitrogen and oxygen atoms in total. The quantitative estimate of drug-likeness (QED) is 0.0956. The summed E-state index contributed by atoms with van der Waals surface area (Å²) in [5.41, 5.74) is 2.11. The molecule has 0 heterocycles. The lowest BCUT2D eigenvalue weighted by Gasteiger charge is -2.58. The van der Waals surface area contributed by atoms with E-state index in [9.17, 15) is 14.9 Å². The van der Waals surface area contributed by atoms with Crippen LogP contribution < -0.4 is 4.74 Å². The molecule has 0 amide bonds. The van der Waals surface area contributed by atoms with Gasteiger partial charge in [-0.15, -0.1) is 0 Å². The lowest BCUT2D eigenvalue weighted by Crippen LogP contribution is -2.51. The van der Waals surface area contributed by atoms with Gasteiger partial charge in [-0.2, -0.15) is 0 Å². The fourth-order valence-corrected chi connectivity index (χ4v) is 10.3. The minimum Gasteiger partial charge on any atom is -0.430 e. The Labute approximate surface area is 253 Å². The van der Waals surface area contributed by atoms with Crippen LogP contribution in [0.2, 0.25) is 0 Å². The first-order valence-corrected chi connectivity index (χ1v) is 16.8. The maximum Gasteiger partial charge on any atom is 0.514 e. The number of hydrogen-bond donors (Lipinski definition) is 0. The van der Waals surface area contributed by atoms with E-state index < -0.39 is 11.1 Å². The van der Waals surface area contributed by atoms with Gasteiger partial charge in [0.1, 0.15) is 11.9 Å². The van der Waals surface area contributed by atoms with Crippen molar-refractivity contribution in [1.29, 1.82) is 0 Å². The van der Waals surface area contributed by atoms with Crippen molar-refractivity contribution in [2.24, 2.45) is 52.3 Å². The third-order valence-corrected chi connectivity index (χ3v) is 12.8. The van der Waals surface area contributed by atoms with Crippen LogP contribution in [-0.2, 0) is 4.74 Å². The van der Waals surface area contributed by atoms with Gasteiger partial charge in [-0.3, -0.25) is 10.1 Å². The Morgan fingerprint density at radius 2 is 1.76 bits per heavy atom. The molecular weight excluding hydrogens is 526 g/mol. The number of non-ortho nitro benzene ring substituents is 1. The molecule has 42 heavy (non-hydrogen) atoms. The molecule has 2 unspecified atom stereocenters. The summed E-state index contributed by atoms with van der Waals surface area (Å²) in [5.74, 6) is 5.90. The summed E-state index contributed by atoms with van der Waals surface area (Å²) in [6.45, 7) is 14.9. The maximum atomic E-state index is 12.5. The molecule has 0 aliphatic heterocycles. The molecule has 0 aromatic heterocycles. The van der Waals surface area contributed by atoms with Crippen molar-refractivity contribution in [1.82, 2.24) is 0 Å². The fourth-order valence-electron chi connectivity index (χ4n) is 10.3. The molecule has 5 rings (SSSR count). The molecule has 3 saturated carbocycles. The van der Waals surface area contributed by atoms with Gasteiger partial charge in [0.25, 0.3) is 5.69 Å². The van der Waals surface area contributed by atoms with E-state index in [0.29, 0.717) is 5.41 Å². The number of rotatable bonds is 9. The average molecular weight is 580 g/mol. The van der Waals surface area contributed by atoms with Crippen molar-refractivity contribution in [3.63, 3.8) is 0 Å². The van der Waals surface area contributed by atoms with Crippen LogP contribution in [0.3, 0.4) is 0 Å². The largest absolute Gasteiger partial charge is 0.514 e. The standard InChI is InChI=1S/C36H53NO5/c1-7-25(23(2)3)9-8-24(4)31-16-17-32-30-15-10-26-22-29(18-20-35(26,5)33(30)19-21-36(31,32)6)42-34(38)41-28-13-11-27(12-14-28)37(39)40/h10-14,23-25,29-33H,7-9,15-22H2,1-6H3/t24?,25?,29-,30-,31+,32-,33-,35-,36+/m0/s1. The first kappa shape index (κ1) is 31.1. The lowest BCUT2D eigenvalue weighted by atomic mass is 9.47. The Kier molecular flexibility index (Phi) is 9.11. The van der Waals surface area contributed by atoms with Gasteiger partial charge in [0.05, 0.1) is 4.92 Å². The molecular formula is C36H53NO5. The third-order valence-electron chi connectivity index (χ3n) is 12.8. The summed E-state index contributed by atoms with van der Waals surface area (Å²) in [7, 11) is 0. The van der Waals surface area contributed by atoms with Crippen molar-refractivity contribution in [3.8, 4) is 5.75 Å². The number of carbonyl (C=O) groups excluding carboxylic acids is 1. The molecule has 4 aliphatic carbocycles. The highest BCUT2D eigenvalue weighted by Crippen LogP contribution is 2.67. The molecule has 1 aromatic carbocycles. The van der Waals surface area contributed by atoms with Gasteiger partial charge in [-0.25, -0.2) is 4.79 Å². The SMILES string of the molecule is CCC(CCC(C)[C@H]1CC[C@H]2[C@@H]3CC=C4C[C@@H](OC(=O)Oc5ccc([N+](=O)[O-])cc5)CC[C@]4(C)[C@H]3CC[C@]12C)C(C)C. The number of nitro groups is 1. The minimum absolute atomic E-state index is 0.0396. The third kappa shape index (κ3) is 5.88. The molecule has 9 atom stereocenters. The van der Waals surface area contributed by atoms with Gasteiger partial charge >= 0.3 is 6.16 Å². The molecule has 4 aliphatic rings. The van der Waals surface area contributed by atoms with Gasteiger partial charge in [0.2, 0.25) is 0 Å². The van der Waals surface area contributed by atoms with Gasteiger partial charge in [-0.05, 0) is 116 Å². The summed E-state index contributed by atoms with van der Waals surface area (Å²) in [6, 6.07) is 5.52. The molecule has 0 spiro atoms. The van der Waals surface area contributed by atoms with E-state index in [1.807, 2.05) is 0 Å². The molecule has 232 valence electrons. The molecule has 3 fully saturated rings. The highest BCUT2D eigenvalue weighted by atomic mass is 16.7. The van der Waals surface area contributed by atoms with E-state index in [1.54, 1.807) is 0 Å². The Balaban J connectivity index is 1.20. The van der Waals surface area contributed by atoms with Crippen molar-refractivity contribution >= 4 is 11.8 Å². The van der Waals surface area contributed by atoms with Crippen LogP contribution in [0, 0.1) is 62.4 Å². The molecule has 1 aromatic rings. The van der Waals surface area contributed by atoms with E-state index in [4.69, 9.17) is 9.47 Å². The van der Waals surface area contributed by atoms with Gasteiger partial charge < -0.3 is 9.47 Å². The van der Waals surface area contributed by atoms with Crippen LogP contribution in [-0.4, -0.2) is 17.2 Å². The van der Waals surface area contributed by atoms with Crippen molar-refractivity contribution in [2.75, 3.05) is 0 Å². The predicted molar refractivity (Wildman–Crippen MR) is 166 cm³/mol. The van der Waals surface area contributed by atoms with Crippen molar-refractivity contribution < 1.29 is 19.2 Å². The Hall–Kier alpha value is -2.37. The zero-order valence-electron chi connectivity index (χ0n) is 26.8. The topological polar surface area (TPSA) is 78.7 Å². The van der Waals surface area contributed by atoms with Crippen LogP contribution >= 0.6 is 0 Å². The molecule has 6 heteroatoms. The first-order chi connectivity index (χ1) is 20.0. The van der Waals surface area contributed by atoms with Gasteiger partial charge in [-0.1, -0.05) is 66.0 Å². The zero-order chi connectivity index (χ0) is 30.2. The van der Waals surface area contributed by atoms with E-state index in [2.05, 4.69) is 47.6 Å². The van der Waals surface area contributed by atoms with E-state index in [1.165, 1.54) is 81.2 Å². The normalized spacial score (nSPS) is 35.3. The summed E-state index contributed by atoms with van der Waals surface area (Å²) < 4.78 is 11.1. The van der Waals surface area contributed by atoms with Gasteiger partial charge in [0.15, 0.2) is 0 Å². The zero-order valence-corrected chi connectivity index (χ0v) is 26.8. The molecule has 0 bridgehead atoms. The number of fused-ring (bicyclic) bond motifs is 5. The highest BCUT2D eigenvalue weighted by Gasteiger charge is 2.59. The van der Waals surface area contributed by atoms with E-state index >= 15 is 0 Å². The summed E-state index contributed by atoms with van der Waals surface area (Å²) >= 11 is 0. The van der Waals surface area contributed by atoms with Crippen LogP contribution in [0.25, 0.3) is 0 Å². The lowest BCUT2D eigenvalue weighted by molar-refractivity contribution is -0.384. The summed E-state index contributed by atoms with van der Waals surface area (Å²) in [6.07, 6.45) is 15.0. The number of nitrogens with zero attached hydrogens (tertiary/aromatic N) is 1. The summed E-state index contributed by atoms with van der Waals surface area (Å²) in [4.78, 5) is 23.0. The second-order valence-corrected chi connectivity index (χ2v) is 15.0. The molecule has 0 N–H and O–H groups in total. The van der Waals surface area contributed by atoms with Crippen LogP contribution in [0.4, 0.5) is 10.5 Å². The predicted octanol–water partition coefficient (Wildman–Crippen LogP) is 10.2. The molecule has 0 radical (unpaired) electrons. The van der Waals surface area contributed by atoms with Crippen LogP contribution in [0.15, 0.2) is 35.9 Å². The number of benzene rings is 1. The van der Waals surface area contributed by atoms with Crippen LogP contribution in [0.5, 0.6) is 5.75 Å². The van der Waals surface area contributed by atoms with Gasteiger partial charge in [0, 0.05) is 18.6 Å². The average Bonchev–Trinajstić information content (AvgIpc) is 3.31. The molecule has 0 saturated heterocycles. The van der Waals surface area contributed by atoms with Crippen molar-refractivity contribution in [3.05, 3.63) is 46.0 Å². The van der Waals surface area contributed by atoms with Crippen LogP contribution in [0.1, 0.15) is 112 Å². The highest BCUT2D eigenvalue weighted by molar-refractivity contribution is 5.64. The maximum absolute atomic E-state index is 12.5. The Bertz CT molecular complexity index is 1160. The minimum atomic E-state index is -0.732. The number of ether oxygens (including phenoxy) is 2. The smallest absolute Gasteiger partial charge is 0.430 e. The second kappa shape index (κ2) is 12.3. The van der Waals surface area contributed by atoms with E-state index in [0.717, 1.165) is 60.7 Å². The Morgan fingerprint density at radius 1 is 1.02 bits per heavy atom. The first-order valence-electron chi connectivity index (χ1n) is 16.8. The number of hydrogen-bond acceptors (Lipinski definition) is 5. The number of allylic oxidation sites excluding steroid dienone is 1. The second-order valence-electron chi connectivity index (χ2n) is 15.0.